The lowest BCUT2D eigenvalue weighted by atomic mass is 10.0. The third-order valence-corrected chi connectivity index (χ3v) is 2.88. The fourth-order valence-corrected chi connectivity index (χ4v) is 1.66. The van der Waals surface area contributed by atoms with Gasteiger partial charge in [-0.3, -0.25) is 0 Å². The number of likely N-dealkylation sites (N-methyl/N-ethyl adjacent to an activating group) is 1. The lowest BCUT2D eigenvalue weighted by molar-refractivity contribution is -0.869. The Morgan fingerprint density at radius 2 is 1.95 bits per heavy atom. The zero-order valence-corrected chi connectivity index (χ0v) is 12.7. The van der Waals surface area contributed by atoms with Crippen molar-refractivity contribution in [1.29, 1.82) is 0 Å². The van der Waals surface area contributed by atoms with Gasteiger partial charge in [0.05, 0.1) is 34.2 Å². The number of quaternary nitrogens is 1. The van der Waals surface area contributed by atoms with Crippen molar-refractivity contribution in [2.45, 2.75) is 19.8 Å². The Morgan fingerprint density at radius 1 is 1.26 bits per heavy atom. The topological polar surface area (TPSA) is 41.1 Å². The first-order chi connectivity index (χ1) is 8.78. The Labute approximate surface area is 116 Å². The highest BCUT2D eigenvalue weighted by atomic mass is 16.2. The Hall–Kier alpha value is -1.55. The molecule has 0 aliphatic rings. The van der Waals surface area contributed by atoms with Gasteiger partial charge >= 0.3 is 6.03 Å². The third kappa shape index (κ3) is 6.25. The van der Waals surface area contributed by atoms with Gasteiger partial charge in [0.1, 0.15) is 0 Å². The van der Waals surface area contributed by atoms with Crippen molar-refractivity contribution < 1.29 is 9.28 Å². The van der Waals surface area contributed by atoms with Crippen LogP contribution in [0.25, 0.3) is 0 Å². The van der Waals surface area contributed by atoms with Gasteiger partial charge in [-0.1, -0.05) is 26.0 Å². The zero-order chi connectivity index (χ0) is 14.5. The highest BCUT2D eigenvalue weighted by molar-refractivity contribution is 5.89. The maximum atomic E-state index is 11.8. The molecule has 2 amide bonds. The van der Waals surface area contributed by atoms with Crippen molar-refractivity contribution in [3.8, 4) is 0 Å². The molecule has 0 aliphatic heterocycles. The van der Waals surface area contributed by atoms with E-state index in [0.29, 0.717) is 12.5 Å². The minimum absolute atomic E-state index is 0.144. The summed E-state index contributed by atoms with van der Waals surface area (Å²) in [5, 5.41) is 5.74. The van der Waals surface area contributed by atoms with Gasteiger partial charge in [-0.2, -0.15) is 0 Å². The molecule has 0 heterocycles. The van der Waals surface area contributed by atoms with E-state index in [9.17, 15) is 4.79 Å². The Bertz CT molecular complexity index is 422. The quantitative estimate of drug-likeness (QED) is 0.789. The second kappa shape index (κ2) is 6.57. The molecular formula is C15H26N3O+. The molecule has 0 unspecified atom stereocenters. The molecule has 0 spiro atoms. The summed E-state index contributed by atoms with van der Waals surface area (Å²) in [4.78, 5) is 11.8. The summed E-state index contributed by atoms with van der Waals surface area (Å²) >= 11 is 0. The predicted molar refractivity (Wildman–Crippen MR) is 80.5 cm³/mol. The number of carbonyl (C=O) groups excluding carboxylic acids is 1. The van der Waals surface area contributed by atoms with E-state index in [1.165, 1.54) is 5.56 Å². The van der Waals surface area contributed by atoms with Gasteiger partial charge in [-0.25, -0.2) is 4.79 Å². The first-order valence-electron chi connectivity index (χ1n) is 6.73. The Balaban J connectivity index is 2.46. The van der Waals surface area contributed by atoms with Crippen LogP contribution in [0.3, 0.4) is 0 Å². The van der Waals surface area contributed by atoms with Gasteiger partial charge < -0.3 is 15.1 Å². The minimum atomic E-state index is -0.144. The van der Waals surface area contributed by atoms with Crippen LogP contribution in [0.5, 0.6) is 0 Å². The summed E-state index contributed by atoms with van der Waals surface area (Å²) in [7, 11) is 6.31. The molecule has 4 nitrogen and oxygen atoms in total. The molecule has 0 fully saturated rings. The summed E-state index contributed by atoms with van der Waals surface area (Å²) in [6.45, 7) is 5.85. The van der Waals surface area contributed by atoms with E-state index in [1.54, 1.807) is 0 Å². The fraction of sp³-hybridized carbons (Fsp3) is 0.533. The van der Waals surface area contributed by atoms with E-state index in [0.717, 1.165) is 16.7 Å². The number of amides is 2. The lowest BCUT2D eigenvalue weighted by Crippen LogP contribution is -2.42. The maximum Gasteiger partial charge on any atom is 0.319 e. The van der Waals surface area contributed by atoms with Crippen molar-refractivity contribution in [2.75, 3.05) is 39.5 Å². The largest absolute Gasteiger partial charge is 0.332 e. The second-order valence-electron chi connectivity index (χ2n) is 6.17. The molecule has 19 heavy (non-hydrogen) atoms. The number of hydrogen-bond donors (Lipinski definition) is 2. The Kier molecular flexibility index (Phi) is 5.36. The van der Waals surface area contributed by atoms with Crippen LogP contribution < -0.4 is 10.6 Å². The number of benzene rings is 1. The monoisotopic (exact) mass is 264 g/mol. The second-order valence-corrected chi connectivity index (χ2v) is 6.17. The van der Waals surface area contributed by atoms with Crippen LogP contribution in [0, 0.1) is 0 Å². The SMILES string of the molecule is CC(C)c1cccc(NC(=O)NCC[N+](C)(C)C)c1. The van der Waals surface area contributed by atoms with Crippen molar-refractivity contribution in [3.05, 3.63) is 29.8 Å². The van der Waals surface area contributed by atoms with Crippen LogP contribution in [-0.4, -0.2) is 44.7 Å². The summed E-state index contributed by atoms with van der Waals surface area (Å²) in [5.41, 5.74) is 2.07. The van der Waals surface area contributed by atoms with Crippen molar-refractivity contribution in [1.82, 2.24) is 5.32 Å². The van der Waals surface area contributed by atoms with Crippen LogP contribution in [0.1, 0.15) is 25.3 Å². The molecule has 0 saturated carbocycles. The van der Waals surface area contributed by atoms with E-state index in [-0.39, 0.29) is 6.03 Å². The Morgan fingerprint density at radius 3 is 2.53 bits per heavy atom. The van der Waals surface area contributed by atoms with Crippen LogP contribution >= 0.6 is 0 Å². The summed E-state index contributed by atoms with van der Waals surface area (Å²) in [6, 6.07) is 7.83. The molecule has 0 saturated heterocycles. The number of rotatable bonds is 5. The van der Waals surface area contributed by atoms with Gasteiger partial charge in [0.25, 0.3) is 0 Å². The molecular weight excluding hydrogens is 238 g/mol. The van der Waals surface area contributed by atoms with E-state index in [1.807, 2.05) is 18.2 Å². The molecule has 1 rings (SSSR count). The lowest BCUT2D eigenvalue weighted by Gasteiger charge is -2.23. The normalized spacial score (nSPS) is 11.5. The first-order valence-corrected chi connectivity index (χ1v) is 6.73. The third-order valence-electron chi connectivity index (χ3n) is 2.88. The highest BCUT2D eigenvalue weighted by Crippen LogP contribution is 2.18. The molecule has 2 N–H and O–H groups in total. The molecule has 1 aromatic carbocycles. The zero-order valence-electron chi connectivity index (χ0n) is 12.7. The van der Waals surface area contributed by atoms with Gasteiger partial charge in [-0.05, 0) is 23.6 Å². The number of anilines is 1. The predicted octanol–water partition coefficient (Wildman–Crippen LogP) is 2.64. The van der Waals surface area contributed by atoms with Crippen LogP contribution in [0.4, 0.5) is 10.5 Å². The van der Waals surface area contributed by atoms with Gasteiger partial charge in [0, 0.05) is 5.69 Å². The smallest absolute Gasteiger partial charge is 0.319 e. The number of carbonyl (C=O) groups is 1. The van der Waals surface area contributed by atoms with Gasteiger partial charge in [0.2, 0.25) is 0 Å². The van der Waals surface area contributed by atoms with Crippen molar-refractivity contribution >= 4 is 11.7 Å². The molecule has 0 radical (unpaired) electrons. The molecule has 106 valence electrons. The van der Waals surface area contributed by atoms with E-state index >= 15 is 0 Å². The number of urea groups is 1. The summed E-state index contributed by atoms with van der Waals surface area (Å²) in [6.07, 6.45) is 0. The van der Waals surface area contributed by atoms with Gasteiger partial charge in [-0.15, -0.1) is 0 Å². The molecule has 0 aromatic heterocycles. The van der Waals surface area contributed by atoms with Crippen LogP contribution in [-0.2, 0) is 0 Å². The van der Waals surface area contributed by atoms with E-state index in [4.69, 9.17) is 0 Å². The van der Waals surface area contributed by atoms with Gasteiger partial charge in [0.15, 0.2) is 0 Å². The average molecular weight is 264 g/mol. The number of nitrogens with one attached hydrogen (secondary N) is 2. The van der Waals surface area contributed by atoms with E-state index in [2.05, 4.69) is 51.7 Å². The molecule has 0 aliphatic carbocycles. The average Bonchev–Trinajstić information content (AvgIpc) is 2.27. The molecule has 0 bridgehead atoms. The first kappa shape index (κ1) is 15.5. The number of nitrogens with zero attached hydrogens (tertiary/aromatic N) is 1. The summed E-state index contributed by atoms with van der Waals surface area (Å²) in [5.74, 6) is 0.461. The molecule has 1 aromatic rings. The van der Waals surface area contributed by atoms with E-state index < -0.39 is 0 Å². The van der Waals surface area contributed by atoms with Crippen molar-refractivity contribution in [3.63, 3.8) is 0 Å². The minimum Gasteiger partial charge on any atom is -0.332 e. The highest BCUT2D eigenvalue weighted by Gasteiger charge is 2.08. The summed E-state index contributed by atoms with van der Waals surface area (Å²) < 4.78 is 0.836. The van der Waals surface area contributed by atoms with Crippen LogP contribution in [0.2, 0.25) is 0 Å². The molecule has 0 atom stereocenters. The molecule has 4 heteroatoms. The van der Waals surface area contributed by atoms with Crippen molar-refractivity contribution in [2.24, 2.45) is 0 Å². The fourth-order valence-electron chi connectivity index (χ4n) is 1.66. The number of hydrogen-bond acceptors (Lipinski definition) is 1. The van der Waals surface area contributed by atoms with Crippen LogP contribution in [0.15, 0.2) is 24.3 Å². The standard InChI is InChI=1S/C15H25N3O/c1-12(2)13-7-6-8-14(11-13)17-15(19)16-9-10-18(3,4)5/h6-8,11-12H,9-10H2,1-5H3,(H-,16,17,19)/p+1. The maximum absolute atomic E-state index is 11.8.